The molecule has 2 heterocycles. The third-order valence-electron chi connectivity index (χ3n) is 4.35. The van der Waals surface area contributed by atoms with Gasteiger partial charge in [0.25, 0.3) is 5.56 Å². The van der Waals surface area contributed by atoms with Gasteiger partial charge >= 0.3 is 5.69 Å². The summed E-state index contributed by atoms with van der Waals surface area (Å²) in [5, 5.41) is 9.78. The number of unbranched alkanes of at least 4 members (excludes halogenated alkanes) is 3. The SMILES string of the molecule is CCCCCCc1nc(SCCC#N)c2c(=O)n(C)c(=O)n(CCC)c2n1. The van der Waals surface area contributed by atoms with Crippen LogP contribution in [-0.4, -0.2) is 24.9 Å². The zero-order chi connectivity index (χ0) is 19.8. The Morgan fingerprint density at radius 3 is 2.56 bits per heavy atom. The zero-order valence-corrected chi connectivity index (χ0v) is 17.1. The highest BCUT2D eigenvalue weighted by Crippen LogP contribution is 2.23. The normalized spacial score (nSPS) is 11.0. The van der Waals surface area contributed by atoms with E-state index in [0.29, 0.717) is 40.6 Å². The molecule has 2 aromatic heterocycles. The summed E-state index contributed by atoms with van der Waals surface area (Å²) in [6, 6.07) is 2.11. The van der Waals surface area contributed by atoms with Crippen molar-refractivity contribution >= 4 is 22.8 Å². The first kappa shape index (κ1) is 21.2. The maximum Gasteiger partial charge on any atom is 0.332 e. The fourth-order valence-electron chi connectivity index (χ4n) is 2.93. The van der Waals surface area contributed by atoms with E-state index in [2.05, 4.69) is 23.0 Å². The van der Waals surface area contributed by atoms with E-state index in [1.54, 1.807) is 4.57 Å². The summed E-state index contributed by atoms with van der Waals surface area (Å²) < 4.78 is 2.69. The molecular formula is C19H27N5O2S. The van der Waals surface area contributed by atoms with E-state index in [1.165, 1.54) is 25.2 Å². The first-order valence-corrected chi connectivity index (χ1v) is 10.5. The second-order valence-corrected chi connectivity index (χ2v) is 7.59. The van der Waals surface area contributed by atoms with Crippen molar-refractivity contribution in [1.82, 2.24) is 19.1 Å². The molecule has 8 heteroatoms. The first-order valence-electron chi connectivity index (χ1n) is 9.55. The number of hydrogen-bond donors (Lipinski definition) is 0. The van der Waals surface area contributed by atoms with Crippen molar-refractivity contribution in [3.05, 3.63) is 26.7 Å². The smallest absolute Gasteiger partial charge is 0.277 e. The third kappa shape index (κ3) is 4.98. The van der Waals surface area contributed by atoms with E-state index in [0.717, 1.165) is 36.7 Å². The van der Waals surface area contributed by atoms with Gasteiger partial charge in [0, 0.05) is 32.2 Å². The number of aryl methyl sites for hydroxylation is 2. The van der Waals surface area contributed by atoms with Gasteiger partial charge in [-0.05, 0) is 12.8 Å². The Balaban J connectivity index is 2.61. The van der Waals surface area contributed by atoms with E-state index < -0.39 is 0 Å². The number of nitriles is 1. The molecule has 0 unspecified atom stereocenters. The van der Waals surface area contributed by atoms with E-state index in [1.807, 2.05) is 6.92 Å². The van der Waals surface area contributed by atoms with Crippen molar-refractivity contribution in [2.24, 2.45) is 7.05 Å². The highest BCUT2D eigenvalue weighted by molar-refractivity contribution is 7.99. The van der Waals surface area contributed by atoms with Crippen LogP contribution in [0.5, 0.6) is 0 Å². The summed E-state index contributed by atoms with van der Waals surface area (Å²) in [6.45, 7) is 4.65. The Bertz CT molecular complexity index is 942. The molecule has 0 radical (unpaired) electrons. The van der Waals surface area contributed by atoms with Crippen molar-refractivity contribution in [3.63, 3.8) is 0 Å². The van der Waals surface area contributed by atoms with Crippen molar-refractivity contribution < 1.29 is 0 Å². The lowest BCUT2D eigenvalue weighted by atomic mass is 10.1. The molecule has 0 atom stereocenters. The van der Waals surface area contributed by atoms with Gasteiger partial charge < -0.3 is 0 Å². The summed E-state index contributed by atoms with van der Waals surface area (Å²) in [6.07, 6.45) is 6.25. The van der Waals surface area contributed by atoms with Gasteiger partial charge in [-0.3, -0.25) is 13.9 Å². The van der Waals surface area contributed by atoms with Crippen LogP contribution in [0.4, 0.5) is 0 Å². The predicted octanol–water partition coefficient (Wildman–Crippen LogP) is 3.03. The predicted molar refractivity (Wildman–Crippen MR) is 108 cm³/mol. The number of thioether (sulfide) groups is 1. The average Bonchev–Trinajstić information content (AvgIpc) is 2.66. The van der Waals surface area contributed by atoms with Crippen molar-refractivity contribution in [1.29, 1.82) is 5.26 Å². The molecule has 0 amide bonds. The van der Waals surface area contributed by atoms with Crippen LogP contribution >= 0.6 is 11.8 Å². The molecule has 0 saturated heterocycles. The van der Waals surface area contributed by atoms with Gasteiger partial charge in [0.15, 0.2) is 5.65 Å². The number of fused-ring (bicyclic) bond motifs is 1. The second kappa shape index (κ2) is 10.3. The quantitative estimate of drug-likeness (QED) is 0.352. The van der Waals surface area contributed by atoms with Gasteiger partial charge in [0.05, 0.1) is 6.07 Å². The van der Waals surface area contributed by atoms with Crippen LogP contribution in [0, 0.1) is 11.3 Å². The minimum absolute atomic E-state index is 0.349. The van der Waals surface area contributed by atoms with Crippen LogP contribution in [0.3, 0.4) is 0 Å². The Morgan fingerprint density at radius 2 is 1.89 bits per heavy atom. The van der Waals surface area contributed by atoms with Crippen molar-refractivity contribution in [2.75, 3.05) is 5.75 Å². The fraction of sp³-hybridized carbons (Fsp3) is 0.632. The Morgan fingerprint density at radius 1 is 1.11 bits per heavy atom. The largest absolute Gasteiger partial charge is 0.332 e. The molecule has 0 aliphatic carbocycles. The number of nitrogens with zero attached hydrogens (tertiary/aromatic N) is 5. The topological polar surface area (TPSA) is 93.6 Å². The molecule has 0 bridgehead atoms. The third-order valence-corrected chi connectivity index (χ3v) is 5.33. The lowest BCUT2D eigenvalue weighted by Gasteiger charge is -2.13. The molecule has 27 heavy (non-hydrogen) atoms. The molecule has 2 aromatic rings. The van der Waals surface area contributed by atoms with E-state index in [-0.39, 0.29) is 11.2 Å². The second-order valence-electron chi connectivity index (χ2n) is 6.51. The summed E-state index contributed by atoms with van der Waals surface area (Å²) in [5.74, 6) is 1.21. The molecule has 0 fully saturated rings. The maximum atomic E-state index is 12.8. The minimum atomic E-state index is -0.376. The number of aromatic nitrogens is 4. The molecule has 0 aliphatic heterocycles. The average molecular weight is 390 g/mol. The van der Waals surface area contributed by atoms with Crippen LogP contribution in [0.25, 0.3) is 11.0 Å². The molecule has 0 aromatic carbocycles. The molecule has 0 spiro atoms. The Hall–Kier alpha value is -2.14. The molecule has 0 saturated carbocycles. The molecule has 0 aliphatic rings. The van der Waals surface area contributed by atoms with Gasteiger partial charge in [-0.25, -0.2) is 14.8 Å². The molecule has 0 N–H and O–H groups in total. The van der Waals surface area contributed by atoms with Gasteiger partial charge in [-0.15, -0.1) is 11.8 Å². The molecule has 2 rings (SSSR count). The Kier molecular flexibility index (Phi) is 8.04. The van der Waals surface area contributed by atoms with E-state index in [4.69, 9.17) is 5.26 Å². The standard InChI is InChI=1S/C19H27N5O2S/c1-4-6-7-8-10-14-21-16-15(17(22-14)27-13-9-11-20)18(25)23(3)19(26)24(16)12-5-2/h4-10,12-13H2,1-3H3. The monoisotopic (exact) mass is 389 g/mol. The van der Waals surface area contributed by atoms with Crippen LogP contribution in [-0.2, 0) is 20.0 Å². The van der Waals surface area contributed by atoms with Crippen LogP contribution in [0.1, 0.15) is 58.2 Å². The van der Waals surface area contributed by atoms with Gasteiger partial charge in [0.1, 0.15) is 16.2 Å². The van der Waals surface area contributed by atoms with Gasteiger partial charge in [-0.1, -0.05) is 33.1 Å². The fourth-order valence-corrected chi connectivity index (χ4v) is 3.80. The van der Waals surface area contributed by atoms with Crippen molar-refractivity contribution in [2.45, 2.75) is 70.4 Å². The molecule has 7 nitrogen and oxygen atoms in total. The number of hydrogen-bond acceptors (Lipinski definition) is 6. The highest BCUT2D eigenvalue weighted by atomic mass is 32.2. The van der Waals surface area contributed by atoms with Crippen LogP contribution < -0.4 is 11.2 Å². The van der Waals surface area contributed by atoms with E-state index in [9.17, 15) is 9.59 Å². The van der Waals surface area contributed by atoms with E-state index >= 15 is 0 Å². The van der Waals surface area contributed by atoms with Crippen LogP contribution in [0.2, 0.25) is 0 Å². The maximum absolute atomic E-state index is 12.8. The summed E-state index contributed by atoms with van der Waals surface area (Å²) >= 11 is 1.39. The zero-order valence-electron chi connectivity index (χ0n) is 16.3. The van der Waals surface area contributed by atoms with Gasteiger partial charge in [-0.2, -0.15) is 5.26 Å². The lowest BCUT2D eigenvalue weighted by Crippen LogP contribution is -2.39. The minimum Gasteiger partial charge on any atom is -0.277 e. The summed E-state index contributed by atoms with van der Waals surface area (Å²) in [5.41, 5.74) is -0.304. The Labute approximate surface area is 163 Å². The number of rotatable bonds is 10. The molecule has 146 valence electrons. The van der Waals surface area contributed by atoms with Crippen LogP contribution in [0.15, 0.2) is 14.6 Å². The first-order chi connectivity index (χ1) is 13.0. The van der Waals surface area contributed by atoms with Gasteiger partial charge in [0.2, 0.25) is 0 Å². The van der Waals surface area contributed by atoms with Crippen molar-refractivity contribution in [3.8, 4) is 6.07 Å². The highest BCUT2D eigenvalue weighted by Gasteiger charge is 2.18. The summed E-state index contributed by atoms with van der Waals surface area (Å²) in [7, 11) is 1.48. The molecular weight excluding hydrogens is 362 g/mol. The lowest BCUT2D eigenvalue weighted by molar-refractivity contribution is 0.602. The summed E-state index contributed by atoms with van der Waals surface area (Å²) in [4.78, 5) is 34.6.